The first-order valence-electron chi connectivity index (χ1n) is 6.81. The topological polar surface area (TPSA) is 32.3 Å². The van der Waals surface area contributed by atoms with Gasteiger partial charge < -0.3 is 4.90 Å². The third-order valence-electron chi connectivity index (χ3n) is 3.28. The van der Waals surface area contributed by atoms with E-state index in [-0.39, 0.29) is 12.2 Å². The van der Waals surface area contributed by atoms with Gasteiger partial charge in [-0.2, -0.15) is 11.8 Å². The molecule has 3 unspecified atom stereocenters. The quantitative estimate of drug-likeness (QED) is 0.761. The van der Waals surface area contributed by atoms with Crippen LogP contribution in [0.25, 0.3) is 0 Å². The van der Waals surface area contributed by atoms with Crippen LogP contribution in [0.3, 0.4) is 0 Å². The molecule has 0 aromatic rings. The van der Waals surface area contributed by atoms with Crippen molar-refractivity contribution >= 4 is 17.7 Å². The summed E-state index contributed by atoms with van der Waals surface area (Å²) in [7, 11) is 0. The molecule has 3 atom stereocenters. The Kier molecular flexibility index (Phi) is 6.34. The van der Waals surface area contributed by atoms with E-state index >= 15 is 0 Å². The van der Waals surface area contributed by atoms with E-state index in [0.717, 1.165) is 30.8 Å². The molecule has 1 saturated heterocycles. The number of nitrogens with one attached hydrogen (secondary N) is 1. The van der Waals surface area contributed by atoms with Gasteiger partial charge >= 0.3 is 0 Å². The first kappa shape index (κ1) is 14.8. The maximum atomic E-state index is 12.3. The fraction of sp³-hybridized carbons (Fsp3) is 0.923. The van der Waals surface area contributed by atoms with Gasteiger partial charge in [0.15, 0.2) is 0 Å². The Bertz CT molecular complexity index is 248. The van der Waals surface area contributed by atoms with E-state index in [2.05, 4.69) is 37.9 Å². The molecule has 0 saturated carbocycles. The average molecular weight is 258 g/mol. The van der Waals surface area contributed by atoms with Gasteiger partial charge in [0.05, 0.1) is 12.2 Å². The molecular formula is C13H26N2OS. The summed E-state index contributed by atoms with van der Waals surface area (Å²) in [6, 6.07) is 0.394. The Hall–Kier alpha value is -0.220. The number of carbonyl (C=O) groups excluding carboxylic acids is 1. The second kappa shape index (κ2) is 7.27. The number of rotatable bonds is 7. The van der Waals surface area contributed by atoms with E-state index in [1.165, 1.54) is 0 Å². The largest absolute Gasteiger partial charge is 0.322 e. The van der Waals surface area contributed by atoms with Crippen LogP contribution in [0.5, 0.6) is 0 Å². The van der Waals surface area contributed by atoms with Crippen LogP contribution < -0.4 is 5.32 Å². The first-order valence-corrected chi connectivity index (χ1v) is 7.97. The Morgan fingerprint density at radius 2 is 2.12 bits per heavy atom. The number of nitrogens with zero attached hydrogens (tertiary/aromatic N) is 1. The molecule has 0 aromatic heterocycles. The predicted octanol–water partition coefficient (Wildman–Crippen LogP) is 2.46. The highest BCUT2D eigenvalue weighted by atomic mass is 32.2. The highest BCUT2D eigenvalue weighted by Crippen LogP contribution is 2.21. The number of amides is 1. The lowest BCUT2D eigenvalue weighted by Gasteiger charge is -2.29. The molecule has 100 valence electrons. The molecule has 1 aliphatic rings. The molecule has 1 amide bonds. The smallest absolute Gasteiger partial charge is 0.241 e. The van der Waals surface area contributed by atoms with E-state index in [9.17, 15) is 4.79 Å². The second-order valence-electron chi connectivity index (χ2n) is 4.69. The molecule has 0 aromatic carbocycles. The van der Waals surface area contributed by atoms with E-state index in [1.54, 1.807) is 0 Å². The SMILES string of the molecule is CCCC1NC(CC)N(C(C)CSCC)C1=O. The molecule has 0 aliphatic carbocycles. The van der Waals surface area contributed by atoms with Gasteiger partial charge in [0.25, 0.3) is 0 Å². The third-order valence-corrected chi connectivity index (χ3v) is 4.41. The van der Waals surface area contributed by atoms with Gasteiger partial charge in [0.2, 0.25) is 5.91 Å². The molecule has 1 fully saturated rings. The number of carbonyl (C=O) groups is 1. The van der Waals surface area contributed by atoms with Crippen molar-refractivity contribution in [3.8, 4) is 0 Å². The van der Waals surface area contributed by atoms with Gasteiger partial charge in [-0.05, 0) is 25.5 Å². The van der Waals surface area contributed by atoms with Crippen LogP contribution in [0.2, 0.25) is 0 Å². The predicted molar refractivity (Wildman–Crippen MR) is 75.2 cm³/mol. The molecule has 0 spiro atoms. The minimum Gasteiger partial charge on any atom is -0.322 e. The lowest BCUT2D eigenvalue weighted by Crippen LogP contribution is -2.44. The molecule has 3 nitrogen and oxygen atoms in total. The minimum absolute atomic E-state index is 0.0547. The van der Waals surface area contributed by atoms with Gasteiger partial charge in [0, 0.05) is 11.8 Å². The summed E-state index contributed by atoms with van der Waals surface area (Å²) in [5.41, 5.74) is 0. The highest BCUT2D eigenvalue weighted by molar-refractivity contribution is 7.99. The summed E-state index contributed by atoms with van der Waals surface area (Å²) in [6.07, 6.45) is 3.25. The van der Waals surface area contributed by atoms with Crippen molar-refractivity contribution in [2.45, 2.75) is 65.2 Å². The summed E-state index contributed by atoms with van der Waals surface area (Å²) < 4.78 is 0. The van der Waals surface area contributed by atoms with Gasteiger partial charge in [-0.15, -0.1) is 0 Å². The van der Waals surface area contributed by atoms with E-state index in [4.69, 9.17) is 0 Å². The highest BCUT2D eigenvalue weighted by Gasteiger charge is 2.39. The van der Waals surface area contributed by atoms with E-state index in [1.807, 2.05) is 11.8 Å². The first-order chi connectivity index (χ1) is 8.15. The summed E-state index contributed by atoms with van der Waals surface area (Å²) in [5, 5.41) is 3.47. The normalized spacial score (nSPS) is 26.6. The standard InChI is InChI=1S/C13H26N2OS/c1-5-8-11-13(16)15(12(6-2)14-11)10(4)9-17-7-3/h10-12,14H,5-9H2,1-4H3. The number of thioether (sulfide) groups is 1. The Balaban J connectivity index is 2.64. The summed E-state index contributed by atoms with van der Waals surface area (Å²) in [5.74, 6) is 2.47. The molecular weight excluding hydrogens is 232 g/mol. The summed E-state index contributed by atoms with van der Waals surface area (Å²) >= 11 is 1.91. The zero-order valence-electron chi connectivity index (χ0n) is 11.5. The third kappa shape index (κ3) is 3.62. The van der Waals surface area contributed by atoms with Crippen molar-refractivity contribution in [2.24, 2.45) is 0 Å². The lowest BCUT2D eigenvalue weighted by molar-refractivity contribution is -0.131. The molecule has 0 bridgehead atoms. The molecule has 1 heterocycles. The van der Waals surface area contributed by atoms with Crippen molar-refractivity contribution in [3.05, 3.63) is 0 Å². The van der Waals surface area contributed by atoms with Gasteiger partial charge in [-0.1, -0.05) is 27.2 Å². The van der Waals surface area contributed by atoms with Gasteiger partial charge in [0.1, 0.15) is 0 Å². The molecule has 1 N–H and O–H groups in total. The summed E-state index contributed by atoms with van der Waals surface area (Å²) in [6.45, 7) is 8.61. The second-order valence-corrected chi connectivity index (χ2v) is 6.00. The molecule has 0 radical (unpaired) electrons. The van der Waals surface area contributed by atoms with Crippen molar-refractivity contribution in [1.29, 1.82) is 0 Å². The van der Waals surface area contributed by atoms with Crippen molar-refractivity contribution in [1.82, 2.24) is 10.2 Å². The van der Waals surface area contributed by atoms with Gasteiger partial charge in [-0.25, -0.2) is 0 Å². The molecule has 4 heteroatoms. The van der Waals surface area contributed by atoms with Crippen molar-refractivity contribution in [2.75, 3.05) is 11.5 Å². The zero-order valence-corrected chi connectivity index (χ0v) is 12.3. The molecule has 1 rings (SSSR count). The Morgan fingerprint density at radius 3 is 2.65 bits per heavy atom. The van der Waals surface area contributed by atoms with Crippen LogP contribution in [-0.4, -0.2) is 40.6 Å². The van der Waals surface area contributed by atoms with Crippen LogP contribution in [-0.2, 0) is 4.79 Å². The maximum Gasteiger partial charge on any atom is 0.241 e. The maximum absolute atomic E-state index is 12.3. The fourth-order valence-corrected chi connectivity index (χ4v) is 3.16. The van der Waals surface area contributed by atoms with Crippen LogP contribution in [0.1, 0.15) is 47.0 Å². The van der Waals surface area contributed by atoms with Crippen molar-refractivity contribution < 1.29 is 4.79 Å². The fourth-order valence-electron chi connectivity index (χ4n) is 2.42. The number of hydrogen-bond acceptors (Lipinski definition) is 3. The Morgan fingerprint density at radius 1 is 1.41 bits per heavy atom. The van der Waals surface area contributed by atoms with Gasteiger partial charge in [-0.3, -0.25) is 10.1 Å². The number of hydrogen-bond donors (Lipinski definition) is 1. The van der Waals surface area contributed by atoms with Crippen LogP contribution >= 0.6 is 11.8 Å². The monoisotopic (exact) mass is 258 g/mol. The van der Waals surface area contributed by atoms with Crippen LogP contribution in [0.4, 0.5) is 0 Å². The average Bonchev–Trinajstić information content (AvgIpc) is 2.64. The summed E-state index contributed by atoms with van der Waals surface area (Å²) in [4.78, 5) is 14.4. The van der Waals surface area contributed by atoms with Crippen molar-refractivity contribution in [3.63, 3.8) is 0 Å². The molecule has 17 heavy (non-hydrogen) atoms. The van der Waals surface area contributed by atoms with Crippen LogP contribution in [0, 0.1) is 0 Å². The molecule has 1 aliphatic heterocycles. The van der Waals surface area contributed by atoms with E-state index in [0.29, 0.717) is 11.9 Å². The lowest BCUT2D eigenvalue weighted by atomic mass is 10.1. The van der Waals surface area contributed by atoms with E-state index < -0.39 is 0 Å². The minimum atomic E-state index is 0.0547. The zero-order chi connectivity index (χ0) is 12.8. The Labute approximate surface area is 110 Å². The van der Waals surface area contributed by atoms with Crippen LogP contribution in [0.15, 0.2) is 0 Å².